The highest BCUT2D eigenvalue weighted by molar-refractivity contribution is 7.19. The number of fused-ring (bicyclic) bond motifs is 3. The maximum Gasteiger partial charge on any atom is 0.332 e. The van der Waals surface area contributed by atoms with Crippen molar-refractivity contribution in [2.75, 3.05) is 19.8 Å². The number of hydrogen-bond acceptors (Lipinski definition) is 6. The average molecular weight is 383 g/mol. The monoisotopic (exact) mass is 382 g/mol. The van der Waals surface area contributed by atoms with Gasteiger partial charge in [-0.1, -0.05) is 24.9 Å². The minimum atomic E-state index is -0.325. The summed E-state index contributed by atoms with van der Waals surface area (Å²) in [5, 5.41) is 1.57. The van der Waals surface area contributed by atoms with Crippen LogP contribution >= 0.6 is 22.9 Å². The van der Waals surface area contributed by atoms with E-state index < -0.39 is 0 Å². The molecular weight excluding hydrogens is 360 g/mol. The van der Waals surface area contributed by atoms with Crippen molar-refractivity contribution in [3.63, 3.8) is 0 Å². The first-order chi connectivity index (χ1) is 12.2. The molecule has 136 valence electrons. The Morgan fingerprint density at radius 3 is 2.92 bits per heavy atom. The third-order valence-electron chi connectivity index (χ3n) is 4.27. The number of rotatable bonds is 8. The third kappa shape index (κ3) is 4.68. The van der Waals surface area contributed by atoms with Crippen molar-refractivity contribution in [3.05, 3.63) is 21.4 Å². The Bertz CT molecular complexity index is 747. The summed E-state index contributed by atoms with van der Waals surface area (Å²) in [4.78, 5) is 22.9. The van der Waals surface area contributed by atoms with Gasteiger partial charge in [0.15, 0.2) is 0 Å². The molecule has 5 nitrogen and oxygen atoms in total. The summed E-state index contributed by atoms with van der Waals surface area (Å²) < 4.78 is 10.4. The zero-order chi connectivity index (χ0) is 17.6. The third-order valence-corrected chi connectivity index (χ3v) is 5.73. The van der Waals surface area contributed by atoms with Gasteiger partial charge in [0.25, 0.3) is 0 Å². The zero-order valence-electron chi connectivity index (χ0n) is 14.5. The van der Waals surface area contributed by atoms with Crippen LogP contribution in [0.4, 0.5) is 0 Å². The smallest absolute Gasteiger partial charge is 0.332 e. The Kier molecular flexibility index (Phi) is 6.62. The van der Waals surface area contributed by atoms with E-state index >= 15 is 0 Å². The van der Waals surface area contributed by atoms with E-state index in [1.54, 1.807) is 11.3 Å². The minimum absolute atomic E-state index is 0.0347. The Balaban J connectivity index is 1.55. The van der Waals surface area contributed by atoms with Gasteiger partial charge in [0.1, 0.15) is 22.4 Å². The van der Waals surface area contributed by atoms with Gasteiger partial charge in [-0.05, 0) is 37.7 Å². The van der Waals surface area contributed by atoms with E-state index in [1.165, 1.54) is 23.3 Å². The zero-order valence-corrected chi connectivity index (χ0v) is 16.0. The fraction of sp³-hybridized carbons (Fsp3) is 0.611. The summed E-state index contributed by atoms with van der Waals surface area (Å²) in [6.07, 6.45) is 7.04. The van der Waals surface area contributed by atoms with Gasteiger partial charge in [0.2, 0.25) is 0 Å². The summed E-state index contributed by atoms with van der Waals surface area (Å²) in [7, 11) is 0. The van der Waals surface area contributed by atoms with Crippen LogP contribution < -0.4 is 0 Å². The fourth-order valence-electron chi connectivity index (χ4n) is 2.96. The number of thiophene rings is 1. The second-order valence-electron chi connectivity index (χ2n) is 6.20. The van der Waals surface area contributed by atoms with Gasteiger partial charge >= 0.3 is 5.97 Å². The lowest BCUT2D eigenvalue weighted by Crippen LogP contribution is -2.15. The molecule has 0 unspecified atom stereocenters. The number of aryl methyl sites for hydroxylation is 2. The quantitative estimate of drug-likeness (QED) is 0.390. The minimum Gasteiger partial charge on any atom is -0.464 e. The number of carbonyl (C=O) groups is 1. The summed E-state index contributed by atoms with van der Waals surface area (Å²) in [5.74, 6) is 0.337. The van der Waals surface area contributed by atoms with Crippen molar-refractivity contribution in [2.45, 2.75) is 51.9 Å². The molecule has 2 heterocycles. The first-order valence-corrected chi connectivity index (χ1v) is 10.1. The molecule has 3 rings (SSSR count). The Morgan fingerprint density at radius 1 is 1.24 bits per heavy atom. The molecule has 25 heavy (non-hydrogen) atoms. The molecule has 7 heteroatoms. The van der Waals surface area contributed by atoms with Crippen molar-refractivity contribution < 1.29 is 14.3 Å². The van der Waals surface area contributed by atoms with Gasteiger partial charge < -0.3 is 9.47 Å². The molecule has 0 atom stereocenters. The van der Waals surface area contributed by atoms with E-state index in [-0.39, 0.29) is 12.6 Å². The molecule has 1 aliphatic rings. The lowest BCUT2D eigenvalue weighted by molar-refractivity contribution is -0.149. The maximum absolute atomic E-state index is 11.5. The number of unbranched alkanes of at least 4 members (excludes halogenated alkanes) is 1. The molecule has 0 saturated carbocycles. The van der Waals surface area contributed by atoms with Crippen LogP contribution in [0, 0.1) is 0 Å². The molecular formula is C18H23ClN2O3S. The molecule has 0 spiro atoms. The molecule has 0 aliphatic heterocycles. The summed E-state index contributed by atoms with van der Waals surface area (Å²) in [5.41, 5.74) is 1.34. The van der Waals surface area contributed by atoms with E-state index in [9.17, 15) is 4.79 Å². The molecule has 0 aromatic carbocycles. The number of aromatic nitrogens is 2. The maximum atomic E-state index is 11.5. The fourth-order valence-corrected chi connectivity index (χ4v) is 4.59. The van der Waals surface area contributed by atoms with Crippen LogP contribution in [0.3, 0.4) is 0 Å². The van der Waals surface area contributed by atoms with Gasteiger partial charge in [0, 0.05) is 11.3 Å². The van der Waals surface area contributed by atoms with Gasteiger partial charge in [0.05, 0.1) is 18.6 Å². The van der Waals surface area contributed by atoms with Crippen molar-refractivity contribution in [1.82, 2.24) is 9.97 Å². The van der Waals surface area contributed by atoms with Gasteiger partial charge in [-0.25, -0.2) is 14.8 Å². The SMILES string of the molecule is CCCCOC(=O)COCCc1nc(Cl)c2c3c(sc2n1)CCCC3. The number of hydrogen-bond donors (Lipinski definition) is 0. The lowest BCUT2D eigenvalue weighted by Gasteiger charge is -2.10. The predicted octanol–water partition coefficient (Wildman–Crippen LogP) is 4.13. The molecule has 0 saturated heterocycles. The Labute approximate surface area is 156 Å². The summed E-state index contributed by atoms with van der Waals surface area (Å²) in [6.45, 7) is 2.84. The second kappa shape index (κ2) is 8.92. The van der Waals surface area contributed by atoms with Crippen molar-refractivity contribution in [3.8, 4) is 0 Å². The van der Waals surface area contributed by atoms with E-state index in [0.29, 0.717) is 30.6 Å². The first-order valence-electron chi connectivity index (χ1n) is 8.89. The highest BCUT2D eigenvalue weighted by Crippen LogP contribution is 2.38. The van der Waals surface area contributed by atoms with Gasteiger partial charge in [-0.3, -0.25) is 0 Å². The predicted molar refractivity (Wildman–Crippen MR) is 99.5 cm³/mol. The molecule has 0 N–H and O–H groups in total. The molecule has 1 aliphatic carbocycles. The van der Waals surface area contributed by atoms with Crippen LogP contribution in [0.1, 0.15) is 48.9 Å². The van der Waals surface area contributed by atoms with Crippen LogP contribution in [0.25, 0.3) is 10.2 Å². The van der Waals surface area contributed by atoms with Gasteiger partial charge in [-0.2, -0.15) is 0 Å². The van der Waals surface area contributed by atoms with Crippen LogP contribution in [0.5, 0.6) is 0 Å². The molecule has 2 aromatic rings. The van der Waals surface area contributed by atoms with Crippen LogP contribution in [0.2, 0.25) is 5.15 Å². The van der Waals surface area contributed by atoms with Crippen molar-refractivity contribution in [1.29, 1.82) is 0 Å². The van der Waals surface area contributed by atoms with E-state index in [1.807, 2.05) is 0 Å². The molecule has 2 aromatic heterocycles. The standard InChI is InChI=1S/C18H23ClN2O3S/c1-2-3-9-24-15(22)11-23-10-8-14-20-17(19)16-12-6-4-5-7-13(12)25-18(16)21-14/h2-11H2,1H3. The van der Waals surface area contributed by atoms with Crippen LogP contribution in [0.15, 0.2) is 0 Å². The highest BCUT2D eigenvalue weighted by Gasteiger charge is 2.20. The Morgan fingerprint density at radius 2 is 2.08 bits per heavy atom. The number of esters is 1. The van der Waals surface area contributed by atoms with Crippen molar-refractivity contribution >= 4 is 39.1 Å². The molecule has 0 fully saturated rings. The highest BCUT2D eigenvalue weighted by atomic mass is 35.5. The lowest BCUT2D eigenvalue weighted by atomic mass is 9.97. The van der Waals surface area contributed by atoms with Crippen LogP contribution in [-0.2, 0) is 33.5 Å². The normalized spacial score (nSPS) is 13.8. The molecule has 0 radical (unpaired) electrons. The number of halogens is 1. The first kappa shape index (κ1) is 18.5. The number of nitrogens with zero attached hydrogens (tertiary/aromatic N) is 2. The van der Waals surface area contributed by atoms with E-state index in [4.69, 9.17) is 21.1 Å². The number of ether oxygens (including phenoxy) is 2. The van der Waals surface area contributed by atoms with E-state index in [0.717, 1.165) is 35.9 Å². The summed E-state index contributed by atoms with van der Waals surface area (Å²) in [6, 6.07) is 0. The van der Waals surface area contributed by atoms with Crippen molar-refractivity contribution in [2.24, 2.45) is 0 Å². The summed E-state index contributed by atoms with van der Waals surface area (Å²) >= 11 is 8.15. The van der Waals surface area contributed by atoms with Gasteiger partial charge in [-0.15, -0.1) is 11.3 Å². The van der Waals surface area contributed by atoms with E-state index in [2.05, 4.69) is 16.9 Å². The number of carbonyl (C=O) groups excluding carboxylic acids is 1. The Hall–Kier alpha value is -1.24. The second-order valence-corrected chi connectivity index (χ2v) is 7.64. The topological polar surface area (TPSA) is 61.3 Å². The molecule has 0 amide bonds. The largest absolute Gasteiger partial charge is 0.464 e. The molecule has 0 bridgehead atoms. The average Bonchev–Trinajstić information content (AvgIpc) is 2.98. The van der Waals surface area contributed by atoms with Crippen LogP contribution in [-0.4, -0.2) is 35.8 Å².